The van der Waals surface area contributed by atoms with E-state index in [9.17, 15) is 4.79 Å². The predicted octanol–water partition coefficient (Wildman–Crippen LogP) is 2.88. The third-order valence-corrected chi connectivity index (χ3v) is 5.07. The van der Waals surface area contributed by atoms with Crippen LogP contribution in [0.25, 0.3) is 10.2 Å². The molecule has 136 valence electrons. The molecule has 1 aliphatic rings. The third kappa shape index (κ3) is 3.52. The number of ether oxygens (including phenoxy) is 3. The predicted molar refractivity (Wildman–Crippen MR) is 102 cm³/mol. The van der Waals surface area contributed by atoms with Crippen molar-refractivity contribution in [1.29, 1.82) is 0 Å². The summed E-state index contributed by atoms with van der Waals surface area (Å²) in [5, 5.41) is 0. The van der Waals surface area contributed by atoms with Gasteiger partial charge in [0.2, 0.25) is 6.79 Å². The first-order valence-electron chi connectivity index (χ1n) is 8.27. The Bertz CT molecular complexity index is 1120. The topological polar surface area (TPSA) is 62.1 Å². The van der Waals surface area contributed by atoms with Crippen molar-refractivity contribution in [3.63, 3.8) is 0 Å². The molecule has 2 aromatic carbocycles. The molecular weight excluding hydrogens is 364 g/mol. The van der Waals surface area contributed by atoms with E-state index in [0.29, 0.717) is 28.6 Å². The zero-order valence-electron chi connectivity index (χ0n) is 14.6. The van der Waals surface area contributed by atoms with Crippen molar-refractivity contribution < 1.29 is 19.0 Å². The zero-order chi connectivity index (χ0) is 18.8. The van der Waals surface area contributed by atoms with Crippen LogP contribution in [0.1, 0.15) is 5.56 Å². The van der Waals surface area contributed by atoms with E-state index < -0.39 is 0 Å². The van der Waals surface area contributed by atoms with Crippen LogP contribution in [0.3, 0.4) is 0 Å². The SMILES string of the molecule is C#CCn1c(=NC(=O)COc2ccc(C)cc2)sc2cc3c(cc21)OCO3. The van der Waals surface area contributed by atoms with Crippen molar-refractivity contribution in [1.82, 2.24) is 4.57 Å². The lowest BCUT2D eigenvalue weighted by Crippen LogP contribution is -2.19. The van der Waals surface area contributed by atoms with E-state index in [2.05, 4.69) is 10.9 Å². The Balaban J connectivity index is 1.63. The minimum atomic E-state index is -0.382. The van der Waals surface area contributed by atoms with E-state index in [0.717, 1.165) is 15.8 Å². The number of rotatable bonds is 4. The second-order valence-corrected chi connectivity index (χ2v) is 6.96. The van der Waals surface area contributed by atoms with Gasteiger partial charge in [-0.05, 0) is 19.1 Å². The Morgan fingerprint density at radius 2 is 2.04 bits per heavy atom. The van der Waals surface area contributed by atoms with Gasteiger partial charge in [-0.3, -0.25) is 4.79 Å². The van der Waals surface area contributed by atoms with Crippen molar-refractivity contribution >= 4 is 27.5 Å². The van der Waals surface area contributed by atoms with Gasteiger partial charge in [-0.15, -0.1) is 6.42 Å². The molecule has 27 heavy (non-hydrogen) atoms. The summed E-state index contributed by atoms with van der Waals surface area (Å²) in [7, 11) is 0. The zero-order valence-corrected chi connectivity index (χ0v) is 15.4. The smallest absolute Gasteiger partial charge is 0.286 e. The van der Waals surface area contributed by atoms with Crippen LogP contribution in [-0.4, -0.2) is 23.9 Å². The number of aryl methyl sites for hydroxylation is 1. The summed E-state index contributed by atoms with van der Waals surface area (Å²) in [6.45, 7) is 2.34. The molecule has 1 amide bonds. The summed E-state index contributed by atoms with van der Waals surface area (Å²) in [6.07, 6.45) is 5.50. The highest BCUT2D eigenvalue weighted by Crippen LogP contribution is 2.36. The Kier molecular flexibility index (Phi) is 4.57. The van der Waals surface area contributed by atoms with Gasteiger partial charge in [0.15, 0.2) is 22.9 Å². The fourth-order valence-corrected chi connectivity index (χ4v) is 3.76. The van der Waals surface area contributed by atoms with Crippen LogP contribution in [0.15, 0.2) is 41.4 Å². The molecule has 0 saturated carbocycles. The number of fused-ring (bicyclic) bond motifs is 2. The molecule has 7 heteroatoms. The molecule has 3 aromatic rings. The van der Waals surface area contributed by atoms with Crippen LogP contribution >= 0.6 is 11.3 Å². The first-order chi connectivity index (χ1) is 13.1. The van der Waals surface area contributed by atoms with Gasteiger partial charge >= 0.3 is 0 Å². The van der Waals surface area contributed by atoms with Gasteiger partial charge in [0.25, 0.3) is 5.91 Å². The van der Waals surface area contributed by atoms with Crippen LogP contribution in [0.4, 0.5) is 0 Å². The molecule has 6 nitrogen and oxygen atoms in total. The molecule has 0 bridgehead atoms. The molecule has 0 atom stereocenters. The molecule has 0 spiro atoms. The maximum atomic E-state index is 12.3. The van der Waals surface area contributed by atoms with Gasteiger partial charge in [0.05, 0.1) is 16.8 Å². The first-order valence-corrected chi connectivity index (χ1v) is 9.09. The number of thiazole rings is 1. The van der Waals surface area contributed by atoms with Gasteiger partial charge in [-0.2, -0.15) is 4.99 Å². The van der Waals surface area contributed by atoms with Gasteiger partial charge in [0.1, 0.15) is 5.75 Å². The number of nitrogens with zero attached hydrogens (tertiary/aromatic N) is 2. The van der Waals surface area contributed by atoms with Crippen LogP contribution < -0.4 is 19.0 Å². The van der Waals surface area contributed by atoms with Crippen molar-refractivity contribution in [2.75, 3.05) is 13.4 Å². The average Bonchev–Trinajstić information content (AvgIpc) is 3.24. The highest BCUT2D eigenvalue weighted by Gasteiger charge is 2.17. The number of hydrogen-bond donors (Lipinski definition) is 0. The summed E-state index contributed by atoms with van der Waals surface area (Å²) in [5.41, 5.74) is 1.98. The monoisotopic (exact) mass is 380 g/mol. The maximum absolute atomic E-state index is 12.3. The summed E-state index contributed by atoms with van der Waals surface area (Å²) >= 11 is 1.37. The summed E-state index contributed by atoms with van der Waals surface area (Å²) < 4.78 is 19.1. The Labute approximate surface area is 159 Å². The van der Waals surface area contributed by atoms with E-state index in [-0.39, 0.29) is 19.3 Å². The lowest BCUT2D eigenvalue weighted by molar-refractivity contribution is -0.120. The molecule has 0 N–H and O–H groups in total. The summed E-state index contributed by atoms with van der Waals surface area (Å²) in [6, 6.07) is 11.2. The van der Waals surface area contributed by atoms with Crippen LogP contribution in [0.2, 0.25) is 0 Å². The normalized spacial score (nSPS) is 13.0. The van der Waals surface area contributed by atoms with Gasteiger partial charge in [-0.25, -0.2) is 0 Å². The number of carbonyl (C=O) groups is 1. The number of aromatic nitrogens is 1. The summed E-state index contributed by atoms with van der Waals surface area (Å²) in [5.74, 6) is 4.18. The second-order valence-electron chi connectivity index (χ2n) is 5.96. The number of benzene rings is 2. The first kappa shape index (κ1) is 17.2. The fraction of sp³-hybridized carbons (Fsp3) is 0.200. The highest BCUT2D eigenvalue weighted by molar-refractivity contribution is 7.16. The van der Waals surface area contributed by atoms with E-state index in [1.54, 1.807) is 0 Å². The largest absolute Gasteiger partial charge is 0.484 e. The standard InChI is InChI=1S/C20H16N2O4S/c1-3-8-22-15-9-16-17(26-12-25-16)10-18(15)27-20(22)21-19(23)11-24-14-6-4-13(2)5-7-14/h1,4-7,9-10H,8,11-12H2,2H3. The lowest BCUT2D eigenvalue weighted by atomic mass is 10.2. The van der Waals surface area contributed by atoms with Gasteiger partial charge in [0, 0.05) is 12.1 Å². The van der Waals surface area contributed by atoms with Gasteiger partial charge < -0.3 is 18.8 Å². The van der Waals surface area contributed by atoms with Crippen molar-refractivity contribution in [2.24, 2.45) is 4.99 Å². The molecule has 0 radical (unpaired) electrons. The van der Waals surface area contributed by atoms with E-state index in [1.165, 1.54) is 11.3 Å². The average molecular weight is 380 g/mol. The van der Waals surface area contributed by atoms with E-state index >= 15 is 0 Å². The molecule has 4 rings (SSSR count). The van der Waals surface area contributed by atoms with Crippen LogP contribution in [0.5, 0.6) is 17.2 Å². The minimum absolute atomic E-state index is 0.143. The van der Waals surface area contributed by atoms with E-state index in [1.807, 2.05) is 47.9 Å². The number of hydrogen-bond acceptors (Lipinski definition) is 5. The van der Waals surface area contributed by atoms with Gasteiger partial charge in [-0.1, -0.05) is 35.0 Å². The number of carbonyl (C=O) groups excluding carboxylic acids is 1. The Morgan fingerprint density at radius 3 is 2.78 bits per heavy atom. The molecule has 0 fully saturated rings. The minimum Gasteiger partial charge on any atom is -0.484 e. The summed E-state index contributed by atoms with van der Waals surface area (Å²) in [4.78, 5) is 17.0. The van der Waals surface area contributed by atoms with Crippen molar-refractivity contribution in [2.45, 2.75) is 13.5 Å². The van der Waals surface area contributed by atoms with Crippen molar-refractivity contribution in [3.8, 4) is 29.6 Å². The quantitative estimate of drug-likeness (QED) is 0.653. The molecule has 0 unspecified atom stereocenters. The number of amides is 1. The second kappa shape index (κ2) is 7.17. The molecule has 1 aromatic heterocycles. The van der Waals surface area contributed by atoms with E-state index in [4.69, 9.17) is 20.6 Å². The lowest BCUT2D eigenvalue weighted by Gasteiger charge is -2.03. The molecular formula is C20H16N2O4S. The molecule has 2 heterocycles. The van der Waals surface area contributed by atoms with Crippen LogP contribution in [0, 0.1) is 19.3 Å². The molecule has 1 aliphatic heterocycles. The van der Waals surface area contributed by atoms with Crippen LogP contribution in [-0.2, 0) is 11.3 Å². The fourth-order valence-electron chi connectivity index (χ4n) is 2.71. The van der Waals surface area contributed by atoms with Crippen molar-refractivity contribution in [3.05, 3.63) is 46.8 Å². The Hall–Kier alpha value is -3.24. The Morgan fingerprint density at radius 1 is 1.30 bits per heavy atom. The number of terminal acetylenes is 1. The molecule has 0 saturated heterocycles. The highest BCUT2D eigenvalue weighted by atomic mass is 32.1. The maximum Gasteiger partial charge on any atom is 0.286 e. The third-order valence-electron chi connectivity index (χ3n) is 4.03. The molecule has 0 aliphatic carbocycles.